The van der Waals surface area contributed by atoms with Crippen LogP contribution in [0.2, 0.25) is 0 Å². The summed E-state index contributed by atoms with van der Waals surface area (Å²) >= 11 is 0. The molecule has 1 N–H and O–H groups in total. The van der Waals surface area contributed by atoms with Gasteiger partial charge in [0.1, 0.15) is 0 Å². The van der Waals surface area contributed by atoms with Crippen molar-refractivity contribution in [3.05, 3.63) is 0 Å². The van der Waals surface area contributed by atoms with Crippen molar-refractivity contribution in [1.29, 1.82) is 0 Å². The molecule has 13 heavy (non-hydrogen) atoms. The summed E-state index contributed by atoms with van der Waals surface area (Å²) in [6.07, 6.45) is -3.66. The SMILES string of the molecule is O=C(O)[C@@H]1CCC[C@H](C(F)(F)F)C1. The van der Waals surface area contributed by atoms with Crippen LogP contribution in [0.4, 0.5) is 13.2 Å². The van der Waals surface area contributed by atoms with Gasteiger partial charge in [-0.1, -0.05) is 6.42 Å². The second kappa shape index (κ2) is 3.55. The summed E-state index contributed by atoms with van der Waals surface area (Å²) in [6.45, 7) is 0. The number of halogens is 3. The van der Waals surface area contributed by atoms with Crippen LogP contribution in [0.1, 0.15) is 25.7 Å². The van der Waals surface area contributed by atoms with Crippen molar-refractivity contribution in [2.45, 2.75) is 31.9 Å². The first-order chi connectivity index (χ1) is 5.91. The number of carboxylic acid groups (broad SMARTS) is 1. The van der Waals surface area contributed by atoms with Crippen molar-refractivity contribution in [3.8, 4) is 0 Å². The molecule has 0 aromatic rings. The molecule has 2 atom stereocenters. The second-order valence-electron chi connectivity index (χ2n) is 3.44. The monoisotopic (exact) mass is 196 g/mol. The Balaban J connectivity index is 2.57. The van der Waals surface area contributed by atoms with E-state index in [1.54, 1.807) is 0 Å². The van der Waals surface area contributed by atoms with E-state index in [9.17, 15) is 18.0 Å². The largest absolute Gasteiger partial charge is 0.481 e. The van der Waals surface area contributed by atoms with Crippen LogP contribution in [0, 0.1) is 11.8 Å². The molecule has 0 saturated heterocycles. The molecule has 0 bridgehead atoms. The third kappa shape index (κ3) is 2.60. The minimum Gasteiger partial charge on any atom is -0.481 e. The summed E-state index contributed by atoms with van der Waals surface area (Å²) in [7, 11) is 0. The molecule has 0 aliphatic heterocycles. The highest BCUT2D eigenvalue weighted by Gasteiger charge is 2.43. The van der Waals surface area contributed by atoms with Crippen molar-refractivity contribution in [2.24, 2.45) is 11.8 Å². The van der Waals surface area contributed by atoms with Gasteiger partial charge in [0.15, 0.2) is 0 Å². The van der Waals surface area contributed by atoms with Gasteiger partial charge in [-0.3, -0.25) is 4.79 Å². The van der Waals surface area contributed by atoms with Crippen LogP contribution in [0.15, 0.2) is 0 Å². The molecule has 5 heteroatoms. The highest BCUT2D eigenvalue weighted by atomic mass is 19.4. The molecule has 0 unspecified atom stereocenters. The van der Waals surface area contributed by atoms with Gasteiger partial charge in [-0.2, -0.15) is 13.2 Å². The van der Waals surface area contributed by atoms with Crippen LogP contribution >= 0.6 is 0 Å². The molecule has 1 saturated carbocycles. The maximum absolute atomic E-state index is 12.2. The number of rotatable bonds is 1. The molecule has 0 heterocycles. The van der Waals surface area contributed by atoms with Crippen molar-refractivity contribution in [2.75, 3.05) is 0 Å². The zero-order chi connectivity index (χ0) is 10.1. The van der Waals surface area contributed by atoms with E-state index >= 15 is 0 Å². The van der Waals surface area contributed by atoms with Gasteiger partial charge in [-0.15, -0.1) is 0 Å². The van der Waals surface area contributed by atoms with E-state index in [2.05, 4.69) is 0 Å². The lowest BCUT2D eigenvalue weighted by Crippen LogP contribution is -2.31. The summed E-state index contributed by atoms with van der Waals surface area (Å²) in [5, 5.41) is 8.55. The molecule has 0 aromatic carbocycles. The quantitative estimate of drug-likeness (QED) is 0.699. The fourth-order valence-corrected chi connectivity index (χ4v) is 1.71. The van der Waals surface area contributed by atoms with E-state index in [-0.39, 0.29) is 12.8 Å². The maximum Gasteiger partial charge on any atom is 0.391 e. The minimum atomic E-state index is -4.23. The lowest BCUT2D eigenvalue weighted by atomic mass is 9.81. The van der Waals surface area contributed by atoms with Gasteiger partial charge < -0.3 is 5.11 Å². The van der Waals surface area contributed by atoms with Crippen LogP contribution in [0.5, 0.6) is 0 Å². The van der Waals surface area contributed by atoms with Gasteiger partial charge in [0.25, 0.3) is 0 Å². The smallest absolute Gasteiger partial charge is 0.391 e. The van der Waals surface area contributed by atoms with Gasteiger partial charge in [0.05, 0.1) is 11.8 Å². The molecule has 1 fully saturated rings. The van der Waals surface area contributed by atoms with E-state index in [1.807, 2.05) is 0 Å². The molecule has 1 rings (SSSR count). The van der Waals surface area contributed by atoms with Crippen molar-refractivity contribution in [3.63, 3.8) is 0 Å². The molecule has 76 valence electrons. The Kier molecular flexibility index (Phi) is 2.83. The van der Waals surface area contributed by atoms with Crippen LogP contribution in [-0.4, -0.2) is 17.3 Å². The first-order valence-corrected chi connectivity index (χ1v) is 4.21. The van der Waals surface area contributed by atoms with Gasteiger partial charge in [0.2, 0.25) is 0 Å². The van der Waals surface area contributed by atoms with Gasteiger partial charge in [0, 0.05) is 0 Å². The van der Waals surface area contributed by atoms with Gasteiger partial charge in [-0.05, 0) is 19.3 Å². The molecule has 0 radical (unpaired) electrons. The highest BCUT2D eigenvalue weighted by Crippen LogP contribution is 2.39. The van der Waals surface area contributed by atoms with Crippen molar-refractivity contribution in [1.82, 2.24) is 0 Å². The summed E-state index contributed by atoms with van der Waals surface area (Å²) in [5.41, 5.74) is 0. The summed E-state index contributed by atoms with van der Waals surface area (Å²) in [4.78, 5) is 10.5. The molecule has 1 aliphatic carbocycles. The maximum atomic E-state index is 12.2. The lowest BCUT2D eigenvalue weighted by molar-refractivity contribution is -0.188. The molecular weight excluding hydrogens is 185 g/mol. The average molecular weight is 196 g/mol. The number of hydrogen-bond acceptors (Lipinski definition) is 1. The predicted molar refractivity (Wildman–Crippen MR) is 39.1 cm³/mol. The number of aliphatic carboxylic acids is 1. The second-order valence-corrected chi connectivity index (χ2v) is 3.44. The van der Waals surface area contributed by atoms with Gasteiger partial charge in [-0.25, -0.2) is 0 Å². The molecule has 0 aromatic heterocycles. The van der Waals surface area contributed by atoms with E-state index in [0.29, 0.717) is 12.8 Å². The van der Waals surface area contributed by atoms with E-state index in [0.717, 1.165) is 0 Å². The number of hydrogen-bond donors (Lipinski definition) is 1. The lowest BCUT2D eigenvalue weighted by Gasteiger charge is -2.28. The molecular formula is C8H11F3O2. The van der Waals surface area contributed by atoms with Crippen LogP contribution in [-0.2, 0) is 4.79 Å². The van der Waals surface area contributed by atoms with E-state index < -0.39 is 24.0 Å². The summed E-state index contributed by atoms with van der Waals surface area (Å²) in [6, 6.07) is 0. The minimum absolute atomic E-state index is 0.0767. The Bertz CT molecular complexity index is 200. The molecule has 1 aliphatic rings. The molecule has 2 nitrogen and oxygen atoms in total. The first-order valence-electron chi connectivity index (χ1n) is 4.21. The standard InChI is InChI=1S/C8H11F3O2/c9-8(10,11)6-3-1-2-5(4-6)7(12)13/h5-6H,1-4H2,(H,12,13)/t5-,6+/m1/s1. The van der Waals surface area contributed by atoms with E-state index in [1.165, 1.54) is 0 Å². The van der Waals surface area contributed by atoms with Crippen molar-refractivity contribution >= 4 is 5.97 Å². The van der Waals surface area contributed by atoms with Crippen LogP contribution in [0.25, 0.3) is 0 Å². The number of carboxylic acids is 1. The first kappa shape index (κ1) is 10.3. The zero-order valence-corrected chi connectivity index (χ0v) is 6.97. The Morgan fingerprint density at radius 3 is 2.38 bits per heavy atom. The Morgan fingerprint density at radius 2 is 1.92 bits per heavy atom. The summed E-state index contributed by atoms with van der Waals surface area (Å²) in [5.74, 6) is -3.32. The predicted octanol–water partition coefficient (Wildman–Crippen LogP) is 2.44. The fraction of sp³-hybridized carbons (Fsp3) is 0.875. The zero-order valence-electron chi connectivity index (χ0n) is 6.97. The Morgan fingerprint density at radius 1 is 1.31 bits per heavy atom. The summed E-state index contributed by atoms with van der Waals surface area (Å²) < 4.78 is 36.6. The highest BCUT2D eigenvalue weighted by molar-refractivity contribution is 5.70. The van der Waals surface area contributed by atoms with Gasteiger partial charge >= 0.3 is 12.1 Å². The average Bonchev–Trinajstić information content (AvgIpc) is 2.03. The molecule has 0 spiro atoms. The normalized spacial score (nSPS) is 30.1. The van der Waals surface area contributed by atoms with Crippen molar-refractivity contribution < 1.29 is 23.1 Å². The Labute approximate surface area is 73.7 Å². The third-order valence-corrected chi connectivity index (χ3v) is 2.49. The number of alkyl halides is 3. The van der Waals surface area contributed by atoms with Crippen LogP contribution < -0.4 is 0 Å². The fourth-order valence-electron chi connectivity index (χ4n) is 1.71. The number of carbonyl (C=O) groups is 1. The van der Waals surface area contributed by atoms with E-state index in [4.69, 9.17) is 5.11 Å². The third-order valence-electron chi connectivity index (χ3n) is 2.49. The Hall–Kier alpha value is -0.740. The topological polar surface area (TPSA) is 37.3 Å². The molecule has 0 amide bonds. The van der Waals surface area contributed by atoms with Crippen LogP contribution in [0.3, 0.4) is 0 Å².